The van der Waals surface area contributed by atoms with Gasteiger partial charge in [-0.05, 0) is 44.7 Å². The summed E-state index contributed by atoms with van der Waals surface area (Å²) in [6.45, 7) is 4.16. The van der Waals surface area contributed by atoms with E-state index in [-0.39, 0.29) is 11.8 Å². The first kappa shape index (κ1) is 17.1. The minimum absolute atomic E-state index is 0.0625. The summed E-state index contributed by atoms with van der Waals surface area (Å²) < 4.78 is 5.19. The minimum atomic E-state index is -0.0643. The predicted molar refractivity (Wildman–Crippen MR) is 91.6 cm³/mol. The first-order chi connectivity index (χ1) is 11.7. The molecule has 0 radical (unpaired) electrons. The van der Waals surface area contributed by atoms with Crippen molar-refractivity contribution < 1.29 is 14.0 Å². The van der Waals surface area contributed by atoms with E-state index >= 15 is 0 Å². The van der Waals surface area contributed by atoms with E-state index in [1.165, 1.54) is 25.5 Å². The lowest BCUT2D eigenvalue weighted by atomic mass is 9.90. The summed E-state index contributed by atoms with van der Waals surface area (Å²) in [6, 6.07) is 3.85. The number of piperidine rings is 1. The number of nitrogens with zero attached hydrogens (tertiary/aromatic N) is 2. The van der Waals surface area contributed by atoms with Crippen LogP contribution in [0.2, 0.25) is 0 Å². The van der Waals surface area contributed by atoms with Crippen LogP contribution < -0.4 is 0 Å². The Morgan fingerprint density at radius 2 is 1.88 bits per heavy atom. The largest absolute Gasteiger partial charge is 0.459 e. The SMILES string of the molecule is CCN(C(=O)C1CCN(C(=O)c2ccco2)CC1)C1CCCCC1. The summed E-state index contributed by atoms with van der Waals surface area (Å²) >= 11 is 0. The quantitative estimate of drug-likeness (QED) is 0.850. The van der Waals surface area contributed by atoms with Gasteiger partial charge in [-0.1, -0.05) is 19.3 Å². The van der Waals surface area contributed by atoms with Crippen LogP contribution in [0.15, 0.2) is 22.8 Å². The number of hydrogen-bond acceptors (Lipinski definition) is 3. The van der Waals surface area contributed by atoms with Gasteiger partial charge >= 0.3 is 0 Å². The van der Waals surface area contributed by atoms with Gasteiger partial charge in [-0.25, -0.2) is 0 Å². The Kier molecular flexibility index (Phi) is 5.59. The summed E-state index contributed by atoms with van der Waals surface area (Å²) in [4.78, 5) is 29.2. The Morgan fingerprint density at radius 3 is 2.46 bits per heavy atom. The normalized spacial score (nSPS) is 20.1. The molecule has 2 heterocycles. The van der Waals surface area contributed by atoms with Gasteiger partial charge in [0.1, 0.15) is 0 Å². The summed E-state index contributed by atoms with van der Waals surface area (Å²) in [6.07, 6.45) is 9.12. The van der Waals surface area contributed by atoms with Gasteiger partial charge in [0.25, 0.3) is 5.91 Å². The van der Waals surface area contributed by atoms with Crippen LogP contribution >= 0.6 is 0 Å². The lowest BCUT2D eigenvalue weighted by Crippen LogP contribution is -2.48. The van der Waals surface area contributed by atoms with Crippen LogP contribution in [0.1, 0.15) is 62.4 Å². The third-order valence-corrected chi connectivity index (χ3v) is 5.50. The fourth-order valence-corrected chi connectivity index (χ4v) is 4.11. The minimum Gasteiger partial charge on any atom is -0.459 e. The molecule has 1 aliphatic heterocycles. The van der Waals surface area contributed by atoms with Crippen LogP contribution in [0.4, 0.5) is 0 Å². The van der Waals surface area contributed by atoms with Crippen molar-refractivity contribution in [1.29, 1.82) is 0 Å². The number of carbonyl (C=O) groups is 2. The molecule has 1 saturated carbocycles. The smallest absolute Gasteiger partial charge is 0.289 e. The molecule has 1 saturated heterocycles. The maximum absolute atomic E-state index is 12.9. The highest BCUT2D eigenvalue weighted by atomic mass is 16.3. The van der Waals surface area contributed by atoms with E-state index in [4.69, 9.17) is 4.42 Å². The van der Waals surface area contributed by atoms with Crippen LogP contribution in [0.25, 0.3) is 0 Å². The summed E-state index contributed by atoms with van der Waals surface area (Å²) in [5.74, 6) is 0.685. The molecule has 1 aliphatic carbocycles. The average molecular weight is 332 g/mol. The number of amides is 2. The van der Waals surface area contributed by atoms with Gasteiger partial charge in [-0.2, -0.15) is 0 Å². The van der Waals surface area contributed by atoms with Gasteiger partial charge in [-0.3, -0.25) is 9.59 Å². The van der Waals surface area contributed by atoms with Gasteiger partial charge in [-0.15, -0.1) is 0 Å². The molecule has 0 aromatic carbocycles. The topological polar surface area (TPSA) is 53.8 Å². The van der Waals surface area contributed by atoms with E-state index in [1.807, 2.05) is 0 Å². The Labute approximate surface area is 144 Å². The molecule has 3 rings (SSSR count). The van der Waals surface area contributed by atoms with Gasteiger partial charge < -0.3 is 14.2 Å². The molecule has 0 bridgehead atoms. The van der Waals surface area contributed by atoms with Crippen LogP contribution in [0.5, 0.6) is 0 Å². The molecule has 1 aromatic rings. The lowest BCUT2D eigenvalue weighted by Gasteiger charge is -2.38. The molecule has 132 valence electrons. The van der Waals surface area contributed by atoms with E-state index in [9.17, 15) is 9.59 Å². The summed E-state index contributed by atoms with van der Waals surface area (Å²) in [7, 11) is 0. The van der Waals surface area contributed by atoms with E-state index in [0.29, 0.717) is 30.8 Å². The average Bonchev–Trinajstić information content (AvgIpc) is 3.17. The molecule has 2 aliphatic rings. The molecule has 24 heavy (non-hydrogen) atoms. The van der Waals surface area contributed by atoms with E-state index in [2.05, 4.69) is 11.8 Å². The standard InChI is InChI=1S/C19H28N2O3/c1-2-21(16-7-4-3-5-8-16)18(22)15-10-12-20(13-11-15)19(23)17-9-6-14-24-17/h6,9,14-16H,2-5,7-8,10-13H2,1H3. The summed E-state index contributed by atoms with van der Waals surface area (Å²) in [5.41, 5.74) is 0. The summed E-state index contributed by atoms with van der Waals surface area (Å²) in [5, 5.41) is 0. The molecule has 2 fully saturated rings. The van der Waals surface area contributed by atoms with E-state index in [1.54, 1.807) is 17.0 Å². The molecular weight excluding hydrogens is 304 g/mol. The zero-order valence-corrected chi connectivity index (χ0v) is 14.6. The molecule has 0 N–H and O–H groups in total. The van der Waals surface area contributed by atoms with E-state index in [0.717, 1.165) is 32.2 Å². The van der Waals surface area contributed by atoms with Crippen molar-refractivity contribution in [3.8, 4) is 0 Å². The van der Waals surface area contributed by atoms with Gasteiger partial charge in [0, 0.05) is 31.6 Å². The Bertz CT molecular complexity index is 541. The molecule has 5 heteroatoms. The molecular formula is C19H28N2O3. The van der Waals surface area contributed by atoms with Crippen molar-refractivity contribution in [3.05, 3.63) is 24.2 Å². The highest BCUT2D eigenvalue weighted by Crippen LogP contribution is 2.27. The molecule has 2 amide bonds. The number of rotatable bonds is 4. The van der Waals surface area contributed by atoms with Crippen molar-refractivity contribution in [1.82, 2.24) is 9.80 Å². The van der Waals surface area contributed by atoms with Crippen molar-refractivity contribution >= 4 is 11.8 Å². The number of furan rings is 1. The first-order valence-corrected chi connectivity index (χ1v) is 9.34. The molecule has 5 nitrogen and oxygen atoms in total. The van der Waals surface area contributed by atoms with Gasteiger partial charge in [0.05, 0.1) is 6.26 Å². The highest BCUT2D eigenvalue weighted by molar-refractivity contribution is 5.91. The predicted octanol–water partition coefficient (Wildman–Crippen LogP) is 3.31. The third kappa shape index (κ3) is 3.65. The second kappa shape index (κ2) is 7.86. The zero-order valence-electron chi connectivity index (χ0n) is 14.6. The van der Waals surface area contributed by atoms with Gasteiger partial charge in [0.15, 0.2) is 5.76 Å². The molecule has 0 spiro atoms. The second-order valence-corrected chi connectivity index (χ2v) is 6.96. The van der Waals surface area contributed by atoms with Crippen molar-refractivity contribution in [3.63, 3.8) is 0 Å². The first-order valence-electron chi connectivity index (χ1n) is 9.34. The van der Waals surface area contributed by atoms with Crippen molar-refractivity contribution in [2.75, 3.05) is 19.6 Å². The number of hydrogen-bond donors (Lipinski definition) is 0. The van der Waals surface area contributed by atoms with Crippen molar-refractivity contribution in [2.45, 2.75) is 57.9 Å². The fourth-order valence-electron chi connectivity index (χ4n) is 4.11. The Hall–Kier alpha value is -1.78. The molecule has 0 unspecified atom stereocenters. The zero-order chi connectivity index (χ0) is 16.9. The van der Waals surface area contributed by atoms with Crippen LogP contribution in [0, 0.1) is 5.92 Å². The van der Waals surface area contributed by atoms with Crippen LogP contribution in [-0.2, 0) is 4.79 Å². The van der Waals surface area contributed by atoms with Crippen LogP contribution in [-0.4, -0.2) is 47.3 Å². The molecule has 0 atom stereocenters. The number of likely N-dealkylation sites (tertiary alicyclic amines) is 1. The monoisotopic (exact) mass is 332 g/mol. The van der Waals surface area contributed by atoms with Gasteiger partial charge in [0.2, 0.25) is 5.91 Å². The lowest BCUT2D eigenvalue weighted by molar-refractivity contribution is -0.139. The maximum atomic E-state index is 12.9. The van der Waals surface area contributed by atoms with Crippen LogP contribution in [0.3, 0.4) is 0 Å². The molecule has 1 aromatic heterocycles. The third-order valence-electron chi connectivity index (χ3n) is 5.50. The maximum Gasteiger partial charge on any atom is 0.289 e. The Morgan fingerprint density at radius 1 is 1.17 bits per heavy atom. The Balaban J connectivity index is 1.55. The van der Waals surface area contributed by atoms with Crippen molar-refractivity contribution in [2.24, 2.45) is 5.92 Å². The highest BCUT2D eigenvalue weighted by Gasteiger charge is 2.33. The fraction of sp³-hybridized carbons (Fsp3) is 0.684. The second-order valence-electron chi connectivity index (χ2n) is 6.96. The number of carbonyl (C=O) groups excluding carboxylic acids is 2. The van der Waals surface area contributed by atoms with E-state index < -0.39 is 0 Å².